The highest BCUT2D eigenvalue weighted by Crippen LogP contribution is 2.39. The summed E-state index contributed by atoms with van der Waals surface area (Å²) in [7, 11) is 0. The predicted molar refractivity (Wildman–Crippen MR) is 58.0 cm³/mol. The van der Waals surface area contributed by atoms with Gasteiger partial charge in [-0.25, -0.2) is 0 Å². The van der Waals surface area contributed by atoms with Crippen LogP contribution in [0.5, 0.6) is 17.2 Å². The van der Waals surface area contributed by atoms with Crippen molar-refractivity contribution in [3.63, 3.8) is 0 Å². The smallest absolute Gasteiger partial charge is 0.203 e. The summed E-state index contributed by atoms with van der Waals surface area (Å²) in [6.45, 7) is 1.15. The monoisotopic (exact) mass is 225 g/mol. The lowest BCUT2D eigenvalue weighted by molar-refractivity contribution is 0.0433. The Morgan fingerprint density at radius 2 is 2.38 bits per heavy atom. The number of aliphatic hydroxyl groups excluding tert-OH is 1. The van der Waals surface area contributed by atoms with E-state index < -0.39 is 0 Å². The van der Waals surface area contributed by atoms with Crippen LogP contribution in [0.1, 0.15) is 0 Å². The van der Waals surface area contributed by atoms with E-state index in [1.165, 1.54) is 0 Å². The first-order chi connectivity index (χ1) is 7.85. The Morgan fingerprint density at radius 3 is 3.12 bits per heavy atom. The van der Waals surface area contributed by atoms with Gasteiger partial charge in [-0.3, -0.25) is 0 Å². The summed E-state index contributed by atoms with van der Waals surface area (Å²) in [6.07, 6.45) is -0.308. The number of para-hydroxylation sites is 1. The zero-order chi connectivity index (χ0) is 11.4. The average Bonchev–Trinajstić information content (AvgIpc) is 2.35. The van der Waals surface area contributed by atoms with Gasteiger partial charge in [0.25, 0.3) is 0 Å². The van der Waals surface area contributed by atoms with Gasteiger partial charge in [-0.15, -0.1) is 0 Å². The average molecular weight is 225 g/mol. The lowest BCUT2D eigenvalue weighted by Gasteiger charge is -2.26. The van der Waals surface area contributed by atoms with Crippen LogP contribution in [-0.2, 0) is 0 Å². The predicted octanol–water partition coefficient (Wildman–Crippen LogP) is 0.156. The second-order valence-corrected chi connectivity index (χ2v) is 3.45. The van der Waals surface area contributed by atoms with Crippen LogP contribution >= 0.6 is 0 Å². The van der Waals surface area contributed by atoms with Crippen LogP contribution in [0.15, 0.2) is 18.2 Å². The van der Waals surface area contributed by atoms with E-state index in [1.807, 2.05) is 6.07 Å². The van der Waals surface area contributed by atoms with Gasteiger partial charge < -0.3 is 25.1 Å². The van der Waals surface area contributed by atoms with Gasteiger partial charge in [-0.1, -0.05) is 6.07 Å². The third-order valence-electron chi connectivity index (χ3n) is 2.23. The van der Waals surface area contributed by atoms with Gasteiger partial charge in [0, 0.05) is 6.54 Å². The third-order valence-corrected chi connectivity index (χ3v) is 2.23. The van der Waals surface area contributed by atoms with E-state index in [-0.39, 0.29) is 12.7 Å². The van der Waals surface area contributed by atoms with Crippen molar-refractivity contribution in [3.05, 3.63) is 18.2 Å². The SMILES string of the molecule is NCCOc1cccc2c1OCC(CO)O2. The molecule has 0 fully saturated rings. The van der Waals surface area contributed by atoms with Crippen molar-refractivity contribution in [1.29, 1.82) is 0 Å². The molecule has 0 spiro atoms. The molecule has 5 nitrogen and oxygen atoms in total. The van der Waals surface area contributed by atoms with Crippen LogP contribution in [0.25, 0.3) is 0 Å². The van der Waals surface area contributed by atoms with Crippen LogP contribution in [0.4, 0.5) is 0 Å². The minimum absolute atomic E-state index is 0.0622. The Bertz CT molecular complexity index is 342. The number of aliphatic hydroxyl groups is 1. The first-order valence-electron chi connectivity index (χ1n) is 5.21. The lowest BCUT2D eigenvalue weighted by atomic mass is 10.2. The van der Waals surface area contributed by atoms with Crippen molar-refractivity contribution in [2.45, 2.75) is 6.10 Å². The Balaban J connectivity index is 2.17. The Hall–Kier alpha value is -1.46. The van der Waals surface area contributed by atoms with Gasteiger partial charge in [0.05, 0.1) is 6.61 Å². The quantitative estimate of drug-likeness (QED) is 0.763. The largest absolute Gasteiger partial charge is 0.488 e. The number of fused-ring (bicyclic) bond motifs is 1. The van der Waals surface area contributed by atoms with Crippen molar-refractivity contribution in [3.8, 4) is 17.2 Å². The Kier molecular flexibility index (Phi) is 3.48. The van der Waals surface area contributed by atoms with Gasteiger partial charge in [0.1, 0.15) is 13.2 Å². The zero-order valence-electron chi connectivity index (χ0n) is 8.89. The molecule has 16 heavy (non-hydrogen) atoms. The normalized spacial score (nSPS) is 18.2. The Labute approximate surface area is 93.7 Å². The summed E-state index contributed by atoms with van der Waals surface area (Å²) >= 11 is 0. The molecule has 5 heteroatoms. The van der Waals surface area contributed by atoms with Gasteiger partial charge in [0.2, 0.25) is 5.75 Å². The minimum atomic E-state index is -0.308. The Morgan fingerprint density at radius 1 is 1.50 bits per heavy atom. The van der Waals surface area contributed by atoms with Gasteiger partial charge in [-0.05, 0) is 12.1 Å². The second kappa shape index (κ2) is 5.05. The third kappa shape index (κ3) is 2.20. The highest BCUT2D eigenvalue weighted by Gasteiger charge is 2.23. The van der Waals surface area contributed by atoms with Crippen molar-refractivity contribution in [1.82, 2.24) is 0 Å². The molecule has 0 amide bonds. The van der Waals surface area contributed by atoms with Gasteiger partial charge in [-0.2, -0.15) is 0 Å². The van der Waals surface area contributed by atoms with Crippen molar-refractivity contribution < 1.29 is 19.3 Å². The van der Waals surface area contributed by atoms with E-state index in [9.17, 15) is 0 Å². The number of hydrogen-bond acceptors (Lipinski definition) is 5. The molecule has 1 aromatic carbocycles. The van der Waals surface area contributed by atoms with E-state index in [1.54, 1.807) is 12.1 Å². The van der Waals surface area contributed by atoms with Gasteiger partial charge in [0.15, 0.2) is 17.6 Å². The molecule has 0 saturated heterocycles. The molecule has 2 rings (SSSR count). The van der Waals surface area contributed by atoms with Crippen LogP contribution < -0.4 is 19.9 Å². The van der Waals surface area contributed by atoms with Crippen LogP contribution in [0, 0.1) is 0 Å². The molecule has 1 atom stereocenters. The summed E-state index contributed by atoms with van der Waals surface area (Å²) in [5, 5.41) is 8.97. The molecule has 88 valence electrons. The summed E-state index contributed by atoms with van der Waals surface area (Å²) in [5.74, 6) is 1.81. The van der Waals surface area contributed by atoms with E-state index in [2.05, 4.69) is 0 Å². The number of hydrogen-bond donors (Lipinski definition) is 2. The molecular weight excluding hydrogens is 210 g/mol. The molecule has 1 aromatic rings. The van der Waals surface area contributed by atoms with E-state index >= 15 is 0 Å². The number of ether oxygens (including phenoxy) is 3. The fourth-order valence-corrected chi connectivity index (χ4v) is 1.49. The van der Waals surface area contributed by atoms with E-state index in [0.717, 1.165) is 0 Å². The van der Waals surface area contributed by atoms with Crippen molar-refractivity contribution in [2.24, 2.45) is 5.73 Å². The molecule has 0 aliphatic carbocycles. The first-order valence-corrected chi connectivity index (χ1v) is 5.21. The molecule has 0 aromatic heterocycles. The standard InChI is InChI=1S/C11H15NO4/c12-4-5-14-9-2-1-3-10-11(9)15-7-8(6-13)16-10/h1-3,8,13H,4-7,12H2. The second-order valence-electron chi connectivity index (χ2n) is 3.45. The molecule has 3 N–H and O–H groups in total. The molecule has 0 radical (unpaired) electrons. The number of nitrogens with two attached hydrogens (primary N) is 1. The van der Waals surface area contributed by atoms with Crippen LogP contribution in [0.2, 0.25) is 0 Å². The molecule has 0 bridgehead atoms. The van der Waals surface area contributed by atoms with Gasteiger partial charge >= 0.3 is 0 Å². The highest BCUT2D eigenvalue weighted by atomic mass is 16.6. The maximum absolute atomic E-state index is 8.97. The summed E-state index contributed by atoms with van der Waals surface area (Å²) in [4.78, 5) is 0. The minimum Gasteiger partial charge on any atom is -0.488 e. The fourth-order valence-electron chi connectivity index (χ4n) is 1.49. The summed E-state index contributed by atoms with van der Waals surface area (Å²) < 4.78 is 16.4. The number of rotatable bonds is 4. The molecular formula is C11H15NO4. The first kappa shape index (κ1) is 11.0. The number of benzene rings is 1. The highest BCUT2D eigenvalue weighted by molar-refractivity contribution is 5.52. The summed E-state index contributed by atoms with van der Waals surface area (Å²) in [6, 6.07) is 5.40. The molecule has 1 aliphatic rings. The van der Waals surface area contributed by atoms with Crippen LogP contribution in [-0.4, -0.2) is 37.6 Å². The van der Waals surface area contributed by atoms with Crippen molar-refractivity contribution in [2.75, 3.05) is 26.4 Å². The summed E-state index contributed by atoms with van der Waals surface area (Å²) in [5.41, 5.74) is 5.37. The van der Waals surface area contributed by atoms with Crippen LogP contribution in [0.3, 0.4) is 0 Å². The zero-order valence-corrected chi connectivity index (χ0v) is 8.89. The lowest BCUT2D eigenvalue weighted by Crippen LogP contribution is -2.32. The van der Waals surface area contributed by atoms with E-state index in [0.29, 0.717) is 37.0 Å². The maximum Gasteiger partial charge on any atom is 0.203 e. The topological polar surface area (TPSA) is 73.9 Å². The molecule has 1 aliphatic heterocycles. The molecule has 0 saturated carbocycles. The molecule has 1 heterocycles. The fraction of sp³-hybridized carbons (Fsp3) is 0.455. The maximum atomic E-state index is 8.97. The molecule has 1 unspecified atom stereocenters. The van der Waals surface area contributed by atoms with Crippen molar-refractivity contribution >= 4 is 0 Å². The van der Waals surface area contributed by atoms with E-state index in [4.69, 9.17) is 25.1 Å².